The summed E-state index contributed by atoms with van der Waals surface area (Å²) in [6.45, 7) is 4.11. The molecule has 0 saturated carbocycles. The van der Waals surface area contributed by atoms with Gasteiger partial charge in [0, 0.05) is 13.0 Å². The number of halogens is 1. The van der Waals surface area contributed by atoms with Crippen molar-refractivity contribution in [3.63, 3.8) is 0 Å². The Balaban J connectivity index is 0.00000180. The van der Waals surface area contributed by atoms with Crippen LogP contribution in [0.5, 0.6) is 0 Å². The smallest absolute Gasteiger partial charge is 0.237 e. The highest BCUT2D eigenvalue weighted by molar-refractivity contribution is 5.85. The maximum absolute atomic E-state index is 12.0. The van der Waals surface area contributed by atoms with Crippen LogP contribution in [0.4, 0.5) is 0 Å². The van der Waals surface area contributed by atoms with Crippen LogP contribution in [-0.4, -0.2) is 44.2 Å². The van der Waals surface area contributed by atoms with Crippen LogP contribution in [0.3, 0.4) is 0 Å². The maximum Gasteiger partial charge on any atom is 0.237 e. The molecule has 0 spiro atoms. The lowest BCUT2D eigenvalue weighted by atomic mass is 10.1. The molecule has 1 aromatic rings. The average molecular weight is 289 g/mol. The van der Waals surface area contributed by atoms with Crippen LogP contribution < -0.4 is 5.32 Å². The van der Waals surface area contributed by atoms with E-state index in [0.717, 1.165) is 17.9 Å². The summed E-state index contributed by atoms with van der Waals surface area (Å²) in [5.74, 6) is 1.84. The number of amides is 1. The first-order valence-corrected chi connectivity index (χ1v) is 6.36. The second-order valence-corrected chi connectivity index (χ2v) is 4.37. The van der Waals surface area contributed by atoms with Gasteiger partial charge in [0.2, 0.25) is 5.91 Å². The van der Waals surface area contributed by atoms with Gasteiger partial charge in [0.15, 0.2) is 0 Å². The third kappa shape index (κ3) is 3.72. The summed E-state index contributed by atoms with van der Waals surface area (Å²) in [5, 5.41) is 2.89. The number of rotatable bonds is 4. The van der Waals surface area contributed by atoms with Crippen LogP contribution in [0.15, 0.2) is 16.5 Å². The first kappa shape index (κ1) is 16.0. The van der Waals surface area contributed by atoms with E-state index < -0.39 is 0 Å². The normalized spacial score (nSPS) is 19.1. The van der Waals surface area contributed by atoms with Crippen molar-refractivity contribution >= 4 is 18.3 Å². The second kappa shape index (κ2) is 7.53. The number of aryl methyl sites for hydroxylation is 1. The zero-order valence-corrected chi connectivity index (χ0v) is 12.2. The molecule has 1 unspecified atom stereocenters. The van der Waals surface area contributed by atoms with Gasteiger partial charge in [-0.05, 0) is 19.2 Å². The van der Waals surface area contributed by atoms with Gasteiger partial charge in [0.05, 0.1) is 19.8 Å². The minimum atomic E-state index is -0.0973. The number of likely N-dealkylation sites (N-methyl/N-ethyl adjacent to an activating group) is 1. The Morgan fingerprint density at radius 3 is 2.95 bits per heavy atom. The molecule has 0 aromatic carbocycles. The van der Waals surface area contributed by atoms with Crippen LogP contribution >= 0.6 is 12.4 Å². The van der Waals surface area contributed by atoms with Gasteiger partial charge in [0.1, 0.15) is 17.6 Å². The summed E-state index contributed by atoms with van der Waals surface area (Å²) in [6, 6.07) is 3.81. The molecule has 0 aliphatic carbocycles. The number of nitrogens with one attached hydrogen (secondary N) is 1. The van der Waals surface area contributed by atoms with Crippen molar-refractivity contribution in [2.75, 3.05) is 33.4 Å². The summed E-state index contributed by atoms with van der Waals surface area (Å²) in [5.41, 5.74) is 0. The van der Waals surface area contributed by atoms with E-state index in [-0.39, 0.29) is 24.4 Å². The van der Waals surface area contributed by atoms with Crippen LogP contribution in [0.2, 0.25) is 0 Å². The zero-order valence-electron chi connectivity index (χ0n) is 11.3. The van der Waals surface area contributed by atoms with E-state index in [0.29, 0.717) is 26.3 Å². The largest absolute Gasteiger partial charge is 0.464 e. The fraction of sp³-hybridized carbons (Fsp3) is 0.615. The van der Waals surface area contributed by atoms with Crippen molar-refractivity contribution in [1.82, 2.24) is 10.2 Å². The molecular weight excluding hydrogens is 268 g/mol. The third-order valence-electron chi connectivity index (χ3n) is 3.14. The molecule has 6 heteroatoms. The molecule has 1 atom stereocenters. The highest BCUT2D eigenvalue weighted by Gasteiger charge is 2.30. The molecule has 1 aliphatic heterocycles. The third-order valence-corrected chi connectivity index (χ3v) is 3.14. The molecule has 19 heavy (non-hydrogen) atoms. The summed E-state index contributed by atoms with van der Waals surface area (Å²) >= 11 is 0. The van der Waals surface area contributed by atoms with E-state index in [1.165, 1.54) is 0 Å². The van der Waals surface area contributed by atoms with E-state index in [1.54, 1.807) is 7.05 Å². The van der Waals surface area contributed by atoms with Gasteiger partial charge in [-0.1, -0.05) is 6.92 Å². The molecule has 1 fully saturated rings. The Labute approximate surface area is 119 Å². The monoisotopic (exact) mass is 288 g/mol. The Kier molecular flexibility index (Phi) is 6.34. The molecule has 1 aliphatic rings. The summed E-state index contributed by atoms with van der Waals surface area (Å²) in [6.07, 6.45) is 0.859. The Hall–Kier alpha value is -1.04. The van der Waals surface area contributed by atoms with Gasteiger partial charge in [-0.3, -0.25) is 4.79 Å². The van der Waals surface area contributed by atoms with Gasteiger partial charge >= 0.3 is 0 Å². The number of hydrogen-bond donors (Lipinski definition) is 1. The van der Waals surface area contributed by atoms with Crippen molar-refractivity contribution in [3.8, 4) is 0 Å². The first-order valence-electron chi connectivity index (χ1n) is 6.36. The van der Waals surface area contributed by atoms with Crippen molar-refractivity contribution in [3.05, 3.63) is 23.7 Å². The summed E-state index contributed by atoms with van der Waals surface area (Å²) in [4.78, 5) is 13.9. The van der Waals surface area contributed by atoms with Crippen molar-refractivity contribution < 1.29 is 13.9 Å². The van der Waals surface area contributed by atoms with Crippen molar-refractivity contribution in [2.24, 2.45) is 0 Å². The number of hydrogen-bond acceptors (Lipinski definition) is 4. The molecule has 1 aromatic heterocycles. The maximum atomic E-state index is 12.0. The minimum Gasteiger partial charge on any atom is -0.464 e. The highest BCUT2D eigenvalue weighted by atomic mass is 35.5. The quantitative estimate of drug-likeness (QED) is 0.909. The van der Waals surface area contributed by atoms with E-state index in [1.807, 2.05) is 24.0 Å². The predicted molar refractivity (Wildman–Crippen MR) is 74.5 cm³/mol. The molecule has 1 saturated heterocycles. The van der Waals surface area contributed by atoms with Gasteiger partial charge in [0.25, 0.3) is 0 Å². The molecular formula is C13H21ClN2O3. The van der Waals surface area contributed by atoms with E-state index in [2.05, 4.69) is 5.32 Å². The van der Waals surface area contributed by atoms with E-state index in [9.17, 15) is 4.79 Å². The molecule has 2 heterocycles. The minimum absolute atomic E-state index is 0. The first-order chi connectivity index (χ1) is 8.76. The molecule has 2 rings (SSSR count). The van der Waals surface area contributed by atoms with Gasteiger partial charge in [-0.25, -0.2) is 0 Å². The predicted octanol–water partition coefficient (Wildman–Crippen LogP) is 1.38. The molecule has 1 amide bonds. The fourth-order valence-corrected chi connectivity index (χ4v) is 2.15. The standard InChI is InChI=1S/C13H20N2O3.ClH/c1-3-10-4-5-12(18-10)11-9-17-7-6-15(11)13(16)8-14-2;/h4-5,11,14H,3,6-9H2,1-2H3;1H. The van der Waals surface area contributed by atoms with Crippen molar-refractivity contribution in [2.45, 2.75) is 19.4 Å². The van der Waals surface area contributed by atoms with Crippen molar-refractivity contribution in [1.29, 1.82) is 0 Å². The summed E-state index contributed by atoms with van der Waals surface area (Å²) < 4.78 is 11.2. The number of ether oxygens (including phenoxy) is 1. The molecule has 0 bridgehead atoms. The lowest BCUT2D eigenvalue weighted by Crippen LogP contribution is -2.46. The molecule has 0 radical (unpaired) electrons. The Bertz CT molecular complexity index is 408. The Morgan fingerprint density at radius 1 is 1.53 bits per heavy atom. The highest BCUT2D eigenvalue weighted by Crippen LogP contribution is 2.26. The van der Waals surface area contributed by atoms with Crippen LogP contribution in [0, 0.1) is 0 Å². The molecule has 1 N–H and O–H groups in total. The van der Waals surface area contributed by atoms with Gasteiger partial charge in [-0.2, -0.15) is 0 Å². The van der Waals surface area contributed by atoms with Crippen LogP contribution in [0.1, 0.15) is 24.5 Å². The van der Waals surface area contributed by atoms with Crippen LogP contribution in [0.25, 0.3) is 0 Å². The zero-order chi connectivity index (χ0) is 13.0. The van der Waals surface area contributed by atoms with Gasteiger partial charge < -0.3 is 19.4 Å². The van der Waals surface area contributed by atoms with Crippen LogP contribution in [-0.2, 0) is 16.0 Å². The SMILES string of the molecule is CCc1ccc(C2COCCN2C(=O)CNC)o1.Cl. The fourth-order valence-electron chi connectivity index (χ4n) is 2.15. The number of nitrogens with zero attached hydrogens (tertiary/aromatic N) is 1. The van der Waals surface area contributed by atoms with E-state index in [4.69, 9.17) is 9.15 Å². The average Bonchev–Trinajstić information content (AvgIpc) is 2.87. The number of carbonyl (C=O) groups excluding carboxylic acids is 1. The lowest BCUT2D eigenvalue weighted by Gasteiger charge is -2.34. The molecule has 108 valence electrons. The van der Waals surface area contributed by atoms with E-state index >= 15 is 0 Å². The second-order valence-electron chi connectivity index (χ2n) is 4.37. The summed E-state index contributed by atoms with van der Waals surface area (Å²) in [7, 11) is 1.77. The van der Waals surface area contributed by atoms with Gasteiger partial charge in [-0.15, -0.1) is 12.4 Å². The Morgan fingerprint density at radius 2 is 2.32 bits per heavy atom. The number of carbonyl (C=O) groups is 1. The number of furan rings is 1. The lowest BCUT2D eigenvalue weighted by molar-refractivity contribution is -0.139. The topological polar surface area (TPSA) is 54.7 Å². The number of morpholine rings is 1. The molecule has 5 nitrogen and oxygen atoms in total.